The average Bonchev–Trinajstić information content (AvgIpc) is 2.85. The van der Waals surface area contributed by atoms with E-state index in [1.807, 2.05) is 18.2 Å². The molecule has 0 aliphatic carbocycles. The molecule has 0 spiro atoms. The highest BCUT2D eigenvalue weighted by atomic mass is 35.5. The van der Waals surface area contributed by atoms with Crippen molar-refractivity contribution in [3.05, 3.63) is 89.2 Å². The molecular weight excluding hydrogens is 493 g/mol. The third kappa shape index (κ3) is 6.72. The van der Waals surface area contributed by atoms with Crippen LogP contribution in [-0.2, 0) is 21.4 Å². The van der Waals surface area contributed by atoms with Gasteiger partial charge in [0.2, 0.25) is 0 Å². The number of rotatable bonds is 8. The fraction of sp³-hybridized carbons (Fsp3) is 0.240. The molecule has 0 atom stereocenters. The van der Waals surface area contributed by atoms with Crippen molar-refractivity contribution in [1.29, 1.82) is 0 Å². The van der Waals surface area contributed by atoms with E-state index in [9.17, 15) is 17.6 Å². The Morgan fingerprint density at radius 2 is 1.66 bits per heavy atom. The van der Waals surface area contributed by atoms with Gasteiger partial charge in [-0.15, -0.1) is 0 Å². The maximum Gasteiger partial charge on any atom is 0.261 e. The SMILES string of the molecule is O=C(COc1ccc(S(=O)(=O)Nc2ccc(F)cc2)cc1Cl)N1CCN(Cc2ccccc2)CC1. The van der Waals surface area contributed by atoms with E-state index in [1.54, 1.807) is 4.90 Å². The van der Waals surface area contributed by atoms with Crippen LogP contribution in [0, 0.1) is 5.82 Å². The van der Waals surface area contributed by atoms with Gasteiger partial charge in [0.25, 0.3) is 15.9 Å². The molecule has 0 saturated carbocycles. The summed E-state index contributed by atoms with van der Waals surface area (Å²) in [5.41, 5.74) is 1.46. The van der Waals surface area contributed by atoms with Crippen LogP contribution in [0.2, 0.25) is 5.02 Å². The zero-order chi connectivity index (χ0) is 24.8. The van der Waals surface area contributed by atoms with Gasteiger partial charge in [0.1, 0.15) is 11.6 Å². The Kier molecular flexibility index (Phi) is 7.90. The fourth-order valence-electron chi connectivity index (χ4n) is 3.73. The molecule has 10 heteroatoms. The van der Waals surface area contributed by atoms with E-state index in [1.165, 1.54) is 35.9 Å². The van der Waals surface area contributed by atoms with Crippen molar-refractivity contribution in [2.24, 2.45) is 0 Å². The molecule has 0 bridgehead atoms. The van der Waals surface area contributed by atoms with E-state index >= 15 is 0 Å². The summed E-state index contributed by atoms with van der Waals surface area (Å²) in [6.45, 7) is 3.41. The first kappa shape index (κ1) is 25.0. The predicted molar refractivity (Wildman–Crippen MR) is 132 cm³/mol. The second kappa shape index (κ2) is 11.1. The summed E-state index contributed by atoms with van der Waals surface area (Å²) >= 11 is 6.23. The molecule has 0 aromatic heterocycles. The van der Waals surface area contributed by atoms with Gasteiger partial charge in [-0.05, 0) is 48.0 Å². The minimum atomic E-state index is -3.93. The van der Waals surface area contributed by atoms with Gasteiger partial charge in [-0.3, -0.25) is 14.4 Å². The number of hydrogen-bond donors (Lipinski definition) is 1. The zero-order valence-corrected chi connectivity index (χ0v) is 20.4. The second-order valence-electron chi connectivity index (χ2n) is 8.14. The molecule has 35 heavy (non-hydrogen) atoms. The van der Waals surface area contributed by atoms with Crippen LogP contribution in [0.1, 0.15) is 5.56 Å². The Morgan fingerprint density at radius 1 is 0.971 bits per heavy atom. The lowest BCUT2D eigenvalue weighted by molar-refractivity contribution is -0.135. The number of carbonyl (C=O) groups is 1. The van der Waals surface area contributed by atoms with Crippen molar-refractivity contribution >= 4 is 33.2 Å². The minimum absolute atomic E-state index is 0.0625. The number of nitrogens with one attached hydrogen (secondary N) is 1. The lowest BCUT2D eigenvalue weighted by atomic mass is 10.2. The summed E-state index contributed by atoms with van der Waals surface area (Å²) in [5, 5.41) is 0.0625. The van der Waals surface area contributed by atoms with Gasteiger partial charge in [-0.2, -0.15) is 0 Å². The van der Waals surface area contributed by atoms with E-state index in [4.69, 9.17) is 16.3 Å². The van der Waals surface area contributed by atoms with Gasteiger partial charge < -0.3 is 9.64 Å². The summed E-state index contributed by atoms with van der Waals surface area (Å²) in [4.78, 5) is 16.6. The van der Waals surface area contributed by atoms with Crippen molar-refractivity contribution < 1.29 is 22.3 Å². The number of hydrogen-bond acceptors (Lipinski definition) is 5. The Hall–Kier alpha value is -3.14. The van der Waals surface area contributed by atoms with Crippen molar-refractivity contribution in [1.82, 2.24) is 9.80 Å². The first-order valence-corrected chi connectivity index (χ1v) is 12.9. The number of benzene rings is 3. The summed E-state index contributed by atoms with van der Waals surface area (Å²) in [5.74, 6) is -0.417. The molecule has 4 rings (SSSR count). The highest BCUT2D eigenvalue weighted by molar-refractivity contribution is 7.92. The molecule has 1 aliphatic rings. The van der Waals surface area contributed by atoms with Crippen LogP contribution in [0.4, 0.5) is 10.1 Å². The number of nitrogens with zero attached hydrogens (tertiary/aromatic N) is 2. The number of anilines is 1. The second-order valence-corrected chi connectivity index (χ2v) is 10.2. The highest BCUT2D eigenvalue weighted by Crippen LogP contribution is 2.28. The molecule has 3 aromatic carbocycles. The molecule has 0 radical (unpaired) electrons. The van der Waals surface area contributed by atoms with Crippen molar-refractivity contribution in [3.8, 4) is 5.75 Å². The minimum Gasteiger partial charge on any atom is -0.482 e. The van der Waals surface area contributed by atoms with Gasteiger partial charge in [0.15, 0.2) is 6.61 Å². The number of halogens is 2. The maximum absolute atomic E-state index is 13.0. The number of amides is 1. The van der Waals surface area contributed by atoms with Gasteiger partial charge in [-0.1, -0.05) is 41.9 Å². The summed E-state index contributed by atoms with van der Waals surface area (Å²) in [7, 11) is -3.93. The summed E-state index contributed by atoms with van der Waals surface area (Å²) in [6, 6.07) is 19.1. The van der Waals surface area contributed by atoms with E-state index in [-0.39, 0.29) is 33.9 Å². The Bertz CT molecular complexity index is 1270. The van der Waals surface area contributed by atoms with Crippen LogP contribution in [0.5, 0.6) is 5.75 Å². The van der Waals surface area contributed by atoms with Crippen molar-refractivity contribution in [2.45, 2.75) is 11.4 Å². The molecule has 1 amide bonds. The Labute approximate surface area is 209 Å². The van der Waals surface area contributed by atoms with Crippen LogP contribution in [-0.4, -0.2) is 56.9 Å². The topological polar surface area (TPSA) is 78.9 Å². The molecule has 184 valence electrons. The maximum atomic E-state index is 13.0. The van der Waals surface area contributed by atoms with Crippen LogP contribution >= 0.6 is 11.6 Å². The molecule has 1 N–H and O–H groups in total. The molecule has 1 saturated heterocycles. The van der Waals surface area contributed by atoms with Gasteiger partial charge in [0, 0.05) is 38.4 Å². The standard InChI is InChI=1S/C25H25ClFN3O4S/c26-23-16-22(35(32,33)28-21-8-6-20(27)7-9-21)10-11-24(23)34-18-25(31)30-14-12-29(13-15-30)17-19-4-2-1-3-5-19/h1-11,16,28H,12-15,17-18H2. The smallest absolute Gasteiger partial charge is 0.261 e. The first-order valence-electron chi connectivity index (χ1n) is 11.0. The molecule has 3 aromatic rings. The number of sulfonamides is 1. The quantitative estimate of drug-likeness (QED) is 0.488. The fourth-order valence-corrected chi connectivity index (χ4v) is 5.11. The predicted octanol–water partition coefficient (Wildman–Crippen LogP) is 4.00. The molecular formula is C25H25ClFN3O4S. The lowest BCUT2D eigenvalue weighted by Crippen LogP contribution is -2.49. The van der Waals surface area contributed by atoms with E-state index in [0.29, 0.717) is 13.1 Å². The molecule has 1 heterocycles. The monoisotopic (exact) mass is 517 g/mol. The van der Waals surface area contributed by atoms with Crippen molar-refractivity contribution in [3.63, 3.8) is 0 Å². The number of piperazine rings is 1. The zero-order valence-electron chi connectivity index (χ0n) is 18.9. The van der Waals surface area contributed by atoms with E-state index in [2.05, 4.69) is 21.8 Å². The lowest BCUT2D eigenvalue weighted by Gasteiger charge is -2.34. The summed E-state index contributed by atoms with van der Waals surface area (Å²) < 4.78 is 46.2. The van der Waals surface area contributed by atoms with Crippen LogP contribution < -0.4 is 9.46 Å². The molecule has 1 fully saturated rings. The van der Waals surface area contributed by atoms with Crippen LogP contribution in [0.25, 0.3) is 0 Å². The van der Waals surface area contributed by atoms with Gasteiger partial charge >= 0.3 is 0 Å². The average molecular weight is 518 g/mol. The van der Waals surface area contributed by atoms with E-state index < -0.39 is 15.8 Å². The molecule has 1 aliphatic heterocycles. The Morgan fingerprint density at radius 3 is 2.31 bits per heavy atom. The van der Waals surface area contributed by atoms with Crippen molar-refractivity contribution in [2.75, 3.05) is 37.5 Å². The third-order valence-corrected chi connectivity index (χ3v) is 7.31. The summed E-state index contributed by atoms with van der Waals surface area (Å²) in [6.07, 6.45) is 0. The van der Waals surface area contributed by atoms with Gasteiger partial charge in [-0.25, -0.2) is 12.8 Å². The Balaban J connectivity index is 1.29. The first-order chi connectivity index (χ1) is 16.8. The number of carbonyl (C=O) groups excluding carboxylic acids is 1. The normalized spacial score (nSPS) is 14.5. The molecule has 0 unspecified atom stereocenters. The van der Waals surface area contributed by atoms with Crippen LogP contribution in [0.15, 0.2) is 77.7 Å². The van der Waals surface area contributed by atoms with Gasteiger partial charge in [0.05, 0.1) is 9.92 Å². The number of ether oxygens (including phenoxy) is 1. The molecule has 7 nitrogen and oxygen atoms in total. The van der Waals surface area contributed by atoms with Crippen LogP contribution in [0.3, 0.4) is 0 Å². The highest BCUT2D eigenvalue weighted by Gasteiger charge is 2.22. The third-order valence-electron chi connectivity index (χ3n) is 5.64. The van der Waals surface area contributed by atoms with E-state index in [0.717, 1.165) is 31.8 Å². The largest absolute Gasteiger partial charge is 0.482 e.